The van der Waals surface area contributed by atoms with E-state index in [2.05, 4.69) is 12.2 Å². The molecule has 0 bridgehead atoms. The Balaban J connectivity index is 2.67. The van der Waals surface area contributed by atoms with Gasteiger partial charge in [-0.05, 0) is 56.0 Å². The van der Waals surface area contributed by atoms with Crippen LogP contribution in [0.1, 0.15) is 52.0 Å². The number of carbonyl (C=O) groups excluding carboxylic acids is 1. The van der Waals surface area contributed by atoms with E-state index in [1.165, 1.54) is 10.6 Å². The van der Waals surface area contributed by atoms with Crippen molar-refractivity contribution in [3.05, 3.63) is 59.3 Å². The maximum atomic E-state index is 12.4. The molecule has 0 aliphatic heterocycles. The Bertz CT molecular complexity index is 807. The third kappa shape index (κ3) is 10.0. The Kier molecular flexibility index (Phi) is 12.2. The molecule has 1 amide bonds. The summed E-state index contributed by atoms with van der Waals surface area (Å²) in [5.74, 6) is 5.53. The highest BCUT2D eigenvalue weighted by molar-refractivity contribution is 6.43. The molecule has 0 heterocycles. The summed E-state index contributed by atoms with van der Waals surface area (Å²) in [6.07, 6.45) is 7.71. The highest BCUT2D eigenvalue weighted by Crippen LogP contribution is 2.16. The molecule has 1 aromatic rings. The van der Waals surface area contributed by atoms with Gasteiger partial charge >= 0.3 is 7.12 Å². The molecule has 0 aliphatic carbocycles. The molecule has 0 fully saturated rings. The highest BCUT2D eigenvalue weighted by Gasteiger charge is 2.25. The van der Waals surface area contributed by atoms with Gasteiger partial charge in [0.05, 0.1) is 18.7 Å². The number of methoxy groups -OCH3 is 1. The van der Waals surface area contributed by atoms with E-state index in [4.69, 9.17) is 16.3 Å². The van der Waals surface area contributed by atoms with Gasteiger partial charge in [0.2, 0.25) is 5.91 Å². The number of carbonyl (C=O) groups is 1. The van der Waals surface area contributed by atoms with Crippen molar-refractivity contribution in [3.63, 3.8) is 0 Å². The lowest BCUT2D eigenvalue weighted by molar-refractivity contribution is -0.121. The second-order valence-corrected chi connectivity index (χ2v) is 7.62. The number of hydrogen-bond donors (Lipinski definition) is 5. The van der Waals surface area contributed by atoms with E-state index in [0.29, 0.717) is 12.1 Å². The lowest BCUT2D eigenvalue weighted by atomic mass is 9.75. The van der Waals surface area contributed by atoms with E-state index in [9.17, 15) is 14.8 Å². The number of nitrogens with two attached hydrogens (primary N) is 2. The molecule has 1 rings (SSSR count). The van der Waals surface area contributed by atoms with Gasteiger partial charge < -0.3 is 30.8 Å². The summed E-state index contributed by atoms with van der Waals surface area (Å²) in [5.41, 5.74) is 9.44. The molecule has 0 aliphatic rings. The smallest absolute Gasteiger partial charge is 0.475 e. The van der Waals surface area contributed by atoms with Crippen LogP contribution in [0, 0.1) is 0 Å². The predicted octanol–water partition coefficient (Wildman–Crippen LogP) is 2.10. The van der Waals surface area contributed by atoms with Gasteiger partial charge in [0.15, 0.2) is 0 Å². The van der Waals surface area contributed by atoms with Crippen molar-refractivity contribution in [2.75, 3.05) is 13.7 Å². The van der Waals surface area contributed by atoms with Crippen molar-refractivity contribution in [3.8, 4) is 5.75 Å². The van der Waals surface area contributed by atoms with E-state index in [-0.39, 0.29) is 18.9 Å². The molecule has 0 spiro atoms. The second kappa shape index (κ2) is 14.3. The van der Waals surface area contributed by atoms with Crippen molar-refractivity contribution in [2.45, 2.75) is 52.4 Å². The number of nitrogens with one attached hydrogen (secondary N) is 1. The molecule has 0 saturated heterocycles. The zero-order valence-electron chi connectivity index (χ0n) is 19.5. The predicted molar refractivity (Wildman–Crippen MR) is 130 cm³/mol. The lowest BCUT2D eigenvalue weighted by Gasteiger charge is -2.20. The summed E-state index contributed by atoms with van der Waals surface area (Å²) >= 11 is 0. The molecule has 8 nitrogen and oxygen atoms in total. The Morgan fingerprint density at radius 3 is 2.47 bits per heavy atom. The maximum Gasteiger partial charge on any atom is 0.475 e. The summed E-state index contributed by atoms with van der Waals surface area (Å²) in [5, 5.41) is 23.5. The number of rotatable bonds is 13. The zero-order valence-corrected chi connectivity index (χ0v) is 19.5. The van der Waals surface area contributed by atoms with Gasteiger partial charge in [-0.2, -0.15) is 0 Å². The normalized spacial score (nSPS) is 13.5. The first-order chi connectivity index (χ1) is 15.2. The molecule has 32 heavy (non-hydrogen) atoms. The minimum absolute atomic E-state index is 0.0722. The number of nitrogens with zero attached hydrogens (tertiary/aromatic N) is 1. The number of allylic oxidation sites excluding steroid dienone is 3. The third-order valence-corrected chi connectivity index (χ3v) is 4.94. The van der Waals surface area contributed by atoms with Crippen LogP contribution < -0.4 is 21.6 Å². The Morgan fingerprint density at radius 2 is 1.94 bits per heavy atom. The van der Waals surface area contributed by atoms with E-state index in [1.54, 1.807) is 25.4 Å². The average molecular weight is 444 g/mol. The summed E-state index contributed by atoms with van der Waals surface area (Å²) in [6.45, 7) is 6.31. The summed E-state index contributed by atoms with van der Waals surface area (Å²) in [6, 6.07) is 7.22. The molecule has 0 aromatic heterocycles. The van der Waals surface area contributed by atoms with Crippen molar-refractivity contribution in [1.82, 2.24) is 10.3 Å². The van der Waals surface area contributed by atoms with Crippen LogP contribution in [0.15, 0.2) is 53.8 Å². The minimum atomic E-state index is -1.67. The summed E-state index contributed by atoms with van der Waals surface area (Å²) in [7, 11) is -0.0838. The van der Waals surface area contributed by atoms with Gasteiger partial charge in [-0.1, -0.05) is 37.1 Å². The largest absolute Gasteiger partial charge is 0.497 e. The van der Waals surface area contributed by atoms with Crippen LogP contribution in [0.2, 0.25) is 0 Å². The van der Waals surface area contributed by atoms with Crippen LogP contribution in [0.4, 0.5) is 0 Å². The first-order valence-electron chi connectivity index (χ1n) is 10.8. The van der Waals surface area contributed by atoms with Gasteiger partial charge in [0, 0.05) is 19.2 Å². The Morgan fingerprint density at radius 1 is 1.28 bits per heavy atom. The molecule has 176 valence electrons. The highest BCUT2D eigenvalue weighted by atomic mass is 16.5. The van der Waals surface area contributed by atoms with Crippen LogP contribution in [0.25, 0.3) is 5.70 Å². The molecular formula is C23H37BN4O4. The SMILES string of the molecule is CC/C=C(\C=C(/C)CC)C[C@H](NC(=O)CCN(N)/C=C(\N)c1ccc(OC)cc1)B(O)O. The average Bonchev–Trinajstić information content (AvgIpc) is 2.77. The van der Waals surface area contributed by atoms with Crippen LogP contribution in [-0.4, -0.2) is 47.7 Å². The van der Waals surface area contributed by atoms with Gasteiger partial charge in [-0.15, -0.1) is 0 Å². The standard InChI is InChI=1S/C23H37BN4O4/c1-5-7-18(14-17(3)6-2)15-22(24(30)31)27-23(29)12-13-28(26)16-21(25)19-8-10-20(32-4)11-9-19/h7-11,14,16,22,30-31H,5-6,12-13,15,25-26H2,1-4H3,(H,27,29)/b17-14+,18-7+,21-16-/t22-/m0/s1. The van der Waals surface area contributed by atoms with Gasteiger partial charge in [0.25, 0.3) is 0 Å². The number of amides is 1. The van der Waals surface area contributed by atoms with Gasteiger partial charge in [0.1, 0.15) is 5.75 Å². The molecule has 0 unspecified atom stereocenters. The van der Waals surface area contributed by atoms with Crippen LogP contribution in [0.5, 0.6) is 5.75 Å². The van der Waals surface area contributed by atoms with E-state index >= 15 is 0 Å². The van der Waals surface area contributed by atoms with E-state index < -0.39 is 13.1 Å². The third-order valence-electron chi connectivity index (χ3n) is 4.94. The first-order valence-corrected chi connectivity index (χ1v) is 10.8. The van der Waals surface area contributed by atoms with Crippen LogP contribution in [-0.2, 0) is 4.79 Å². The molecule has 1 atom stereocenters. The monoisotopic (exact) mass is 444 g/mol. The lowest BCUT2D eigenvalue weighted by Crippen LogP contribution is -2.47. The number of benzene rings is 1. The Labute approximate surface area is 191 Å². The zero-order chi connectivity index (χ0) is 24.1. The molecule has 0 radical (unpaired) electrons. The molecule has 7 N–H and O–H groups in total. The van der Waals surface area contributed by atoms with Crippen molar-refractivity contribution < 1.29 is 19.6 Å². The quantitative estimate of drug-likeness (QED) is 0.136. The molecule has 1 aromatic carbocycles. The molecular weight excluding hydrogens is 407 g/mol. The Hall–Kier alpha value is -2.75. The van der Waals surface area contributed by atoms with Gasteiger partial charge in [-0.3, -0.25) is 4.79 Å². The summed E-state index contributed by atoms with van der Waals surface area (Å²) in [4.78, 5) is 12.4. The van der Waals surface area contributed by atoms with Crippen molar-refractivity contribution >= 4 is 18.7 Å². The second-order valence-electron chi connectivity index (χ2n) is 7.62. The molecule has 0 saturated carbocycles. The van der Waals surface area contributed by atoms with E-state index in [0.717, 1.165) is 29.7 Å². The first kappa shape index (κ1) is 27.3. The number of hydrogen-bond acceptors (Lipinski definition) is 7. The van der Waals surface area contributed by atoms with E-state index in [1.807, 2.05) is 38.1 Å². The van der Waals surface area contributed by atoms with Crippen molar-refractivity contribution in [2.24, 2.45) is 11.6 Å². The van der Waals surface area contributed by atoms with Crippen LogP contribution in [0.3, 0.4) is 0 Å². The van der Waals surface area contributed by atoms with Crippen LogP contribution >= 0.6 is 0 Å². The van der Waals surface area contributed by atoms with Gasteiger partial charge in [-0.25, -0.2) is 5.84 Å². The molecule has 9 heteroatoms. The number of ether oxygens (including phenoxy) is 1. The maximum absolute atomic E-state index is 12.4. The minimum Gasteiger partial charge on any atom is -0.497 e. The van der Waals surface area contributed by atoms with Crippen molar-refractivity contribution in [1.29, 1.82) is 0 Å². The fourth-order valence-electron chi connectivity index (χ4n) is 2.98. The topological polar surface area (TPSA) is 134 Å². The fourth-order valence-corrected chi connectivity index (χ4v) is 2.98. The number of hydrazine groups is 1. The fraction of sp³-hybridized carbons (Fsp3) is 0.435. The summed E-state index contributed by atoms with van der Waals surface area (Å²) < 4.78 is 5.12.